The first-order valence-electron chi connectivity index (χ1n) is 6.67. The fourth-order valence-corrected chi connectivity index (χ4v) is 2.66. The Hall–Kier alpha value is -1.64. The van der Waals surface area contributed by atoms with Crippen molar-refractivity contribution in [1.29, 1.82) is 0 Å². The van der Waals surface area contributed by atoms with Crippen molar-refractivity contribution in [3.05, 3.63) is 35.9 Å². The second-order valence-corrected chi connectivity index (χ2v) is 5.91. The maximum absolute atomic E-state index is 11.8. The molecule has 0 radical (unpaired) electrons. The van der Waals surface area contributed by atoms with Crippen molar-refractivity contribution in [2.45, 2.75) is 33.2 Å². The smallest absolute Gasteiger partial charge is 0.314 e. The van der Waals surface area contributed by atoms with E-state index in [-0.39, 0.29) is 17.3 Å². The Morgan fingerprint density at radius 1 is 1.37 bits per heavy atom. The van der Waals surface area contributed by atoms with Crippen molar-refractivity contribution in [2.75, 3.05) is 7.11 Å². The molecule has 1 fully saturated rings. The maximum atomic E-state index is 11.8. The van der Waals surface area contributed by atoms with E-state index in [1.165, 1.54) is 12.7 Å². The van der Waals surface area contributed by atoms with E-state index in [9.17, 15) is 4.79 Å². The summed E-state index contributed by atoms with van der Waals surface area (Å²) in [4.78, 5) is 16.5. The monoisotopic (exact) mass is 259 g/mol. The number of aliphatic imine (C=N–C) groups is 1. The average Bonchev–Trinajstić information content (AvgIpc) is 2.72. The Morgan fingerprint density at radius 3 is 2.68 bits per heavy atom. The predicted octanol–water partition coefficient (Wildman–Crippen LogP) is 3.24. The zero-order valence-electron chi connectivity index (χ0n) is 11.8. The highest BCUT2D eigenvalue weighted by Gasteiger charge is 2.40. The molecule has 0 saturated heterocycles. The van der Waals surface area contributed by atoms with Crippen LogP contribution in [0.3, 0.4) is 0 Å². The highest BCUT2D eigenvalue weighted by molar-refractivity contribution is 6.04. The highest BCUT2D eigenvalue weighted by Crippen LogP contribution is 2.39. The lowest BCUT2D eigenvalue weighted by atomic mass is 9.91. The van der Waals surface area contributed by atoms with Gasteiger partial charge in [0, 0.05) is 5.71 Å². The van der Waals surface area contributed by atoms with Crippen molar-refractivity contribution in [3.63, 3.8) is 0 Å². The number of benzene rings is 1. The van der Waals surface area contributed by atoms with Gasteiger partial charge in [0.25, 0.3) is 0 Å². The Morgan fingerprint density at radius 2 is 2.05 bits per heavy atom. The molecule has 0 bridgehead atoms. The van der Waals surface area contributed by atoms with Crippen molar-refractivity contribution >= 4 is 11.7 Å². The third-order valence-corrected chi connectivity index (χ3v) is 3.61. The number of carbonyl (C=O) groups is 1. The first kappa shape index (κ1) is 13.8. The number of carbonyl (C=O) groups excluding carboxylic acids is 1. The number of rotatable bonds is 3. The van der Waals surface area contributed by atoms with E-state index >= 15 is 0 Å². The summed E-state index contributed by atoms with van der Waals surface area (Å²) in [5, 5.41) is 0. The molecule has 0 heterocycles. The number of hydrogen-bond acceptors (Lipinski definition) is 3. The molecular weight excluding hydrogens is 238 g/mol. The molecule has 1 unspecified atom stereocenters. The minimum absolute atomic E-state index is 0.133. The van der Waals surface area contributed by atoms with Crippen LogP contribution >= 0.6 is 0 Å². The van der Waals surface area contributed by atoms with Crippen LogP contribution in [0.25, 0.3) is 0 Å². The van der Waals surface area contributed by atoms with Crippen LogP contribution in [0.15, 0.2) is 35.3 Å². The third kappa shape index (κ3) is 3.43. The van der Waals surface area contributed by atoms with E-state index in [0.29, 0.717) is 6.54 Å². The number of hydrogen-bond donors (Lipinski definition) is 0. The second kappa shape index (κ2) is 5.55. The second-order valence-electron chi connectivity index (χ2n) is 5.91. The van der Waals surface area contributed by atoms with Gasteiger partial charge in [0.05, 0.1) is 19.6 Å². The summed E-state index contributed by atoms with van der Waals surface area (Å²) in [5.41, 5.74) is 2.29. The van der Waals surface area contributed by atoms with E-state index < -0.39 is 0 Å². The normalized spacial score (nSPS) is 23.5. The highest BCUT2D eigenvalue weighted by atomic mass is 16.5. The number of nitrogens with zero attached hydrogens (tertiary/aromatic N) is 1. The van der Waals surface area contributed by atoms with E-state index in [0.717, 1.165) is 18.6 Å². The molecule has 1 aromatic carbocycles. The minimum atomic E-state index is -0.163. The van der Waals surface area contributed by atoms with Crippen LogP contribution in [0.2, 0.25) is 0 Å². The molecule has 3 nitrogen and oxygen atoms in total. The Balaban J connectivity index is 2.14. The molecule has 0 amide bonds. The summed E-state index contributed by atoms with van der Waals surface area (Å²) in [6.07, 6.45) is 1.70. The van der Waals surface area contributed by atoms with E-state index in [2.05, 4.69) is 31.0 Å². The van der Waals surface area contributed by atoms with E-state index in [1.54, 1.807) is 0 Å². The summed E-state index contributed by atoms with van der Waals surface area (Å²) in [6, 6.07) is 10.1. The summed E-state index contributed by atoms with van der Waals surface area (Å²) >= 11 is 0. The first-order chi connectivity index (χ1) is 9.02. The zero-order valence-corrected chi connectivity index (χ0v) is 11.8. The van der Waals surface area contributed by atoms with Gasteiger partial charge in [-0.05, 0) is 23.8 Å². The predicted molar refractivity (Wildman–Crippen MR) is 76.1 cm³/mol. The summed E-state index contributed by atoms with van der Waals surface area (Å²) in [5.74, 6) is -0.318. The molecule has 0 N–H and O–H groups in total. The summed E-state index contributed by atoms with van der Waals surface area (Å²) < 4.78 is 4.89. The third-order valence-electron chi connectivity index (χ3n) is 3.61. The largest absolute Gasteiger partial charge is 0.469 e. The molecule has 1 aliphatic carbocycles. The Bertz CT molecular complexity index is 477. The van der Waals surface area contributed by atoms with Gasteiger partial charge in [0.15, 0.2) is 0 Å². The molecule has 0 aromatic heterocycles. The SMILES string of the molecule is COC(=O)C1CC(C)(C)CC1=NCc1ccccc1. The van der Waals surface area contributed by atoms with Crippen LogP contribution in [0.4, 0.5) is 0 Å². The van der Waals surface area contributed by atoms with Crippen molar-refractivity contribution in [1.82, 2.24) is 0 Å². The minimum Gasteiger partial charge on any atom is -0.469 e. The fraction of sp³-hybridized carbons (Fsp3) is 0.500. The van der Waals surface area contributed by atoms with E-state index in [4.69, 9.17) is 4.74 Å². The van der Waals surface area contributed by atoms with Gasteiger partial charge < -0.3 is 4.74 Å². The molecule has 0 spiro atoms. The molecular formula is C16H21NO2. The van der Waals surface area contributed by atoms with Gasteiger partial charge in [0.2, 0.25) is 0 Å². The number of ether oxygens (including phenoxy) is 1. The van der Waals surface area contributed by atoms with Crippen molar-refractivity contribution < 1.29 is 9.53 Å². The lowest BCUT2D eigenvalue weighted by Gasteiger charge is -2.14. The lowest BCUT2D eigenvalue weighted by molar-refractivity contribution is -0.143. The molecule has 1 atom stereocenters. The van der Waals surface area contributed by atoms with Crippen LogP contribution in [0.5, 0.6) is 0 Å². The first-order valence-corrected chi connectivity index (χ1v) is 6.67. The van der Waals surface area contributed by atoms with Gasteiger partial charge in [-0.15, -0.1) is 0 Å². The van der Waals surface area contributed by atoms with Crippen LogP contribution in [0.1, 0.15) is 32.3 Å². The molecule has 19 heavy (non-hydrogen) atoms. The van der Waals surface area contributed by atoms with Crippen LogP contribution in [-0.4, -0.2) is 18.8 Å². The Labute approximate surface area is 114 Å². The quantitative estimate of drug-likeness (QED) is 0.782. The molecule has 0 aliphatic heterocycles. The molecule has 2 rings (SSSR count). The number of methoxy groups -OCH3 is 1. The van der Waals surface area contributed by atoms with Gasteiger partial charge in [-0.3, -0.25) is 9.79 Å². The van der Waals surface area contributed by atoms with Gasteiger partial charge in [-0.1, -0.05) is 44.2 Å². The van der Waals surface area contributed by atoms with Gasteiger partial charge in [-0.2, -0.15) is 0 Å². The average molecular weight is 259 g/mol. The molecule has 3 heteroatoms. The number of esters is 1. The fourth-order valence-electron chi connectivity index (χ4n) is 2.66. The van der Waals surface area contributed by atoms with Crippen molar-refractivity contribution in [3.8, 4) is 0 Å². The van der Waals surface area contributed by atoms with E-state index in [1.807, 2.05) is 18.2 Å². The van der Waals surface area contributed by atoms with Gasteiger partial charge >= 0.3 is 5.97 Å². The van der Waals surface area contributed by atoms with Crippen molar-refractivity contribution in [2.24, 2.45) is 16.3 Å². The zero-order chi connectivity index (χ0) is 13.9. The summed E-state index contributed by atoms with van der Waals surface area (Å²) in [6.45, 7) is 4.99. The van der Waals surface area contributed by atoms with Crippen LogP contribution in [0, 0.1) is 11.3 Å². The Kier molecular flexibility index (Phi) is 4.03. The molecule has 1 saturated carbocycles. The lowest BCUT2D eigenvalue weighted by Crippen LogP contribution is -2.20. The van der Waals surface area contributed by atoms with Gasteiger partial charge in [0.1, 0.15) is 0 Å². The van der Waals surface area contributed by atoms with Gasteiger partial charge in [-0.25, -0.2) is 0 Å². The molecule has 1 aliphatic rings. The topological polar surface area (TPSA) is 38.7 Å². The van der Waals surface area contributed by atoms with Crippen LogP contribution in [-0.2, 0) is 16.1 Å². The molecule has 102 valence electrons. The standard InChI is InChI=1S/C16H21NO2/c1-16(2)9-13(15(18)19-3)14(10-16)17-11-12-7-5-4-6-8-12/h4-8,13H,9-11H2,1-3H3. The maximum Gasteiger partial charge on any atom is 0.314 e. The molecule has 1 aromatic rings. The van der Waals surface area contributed by atoms with Crippen LogP contribution < -0.4 is 0 Å². The summed E-state index contributed by atoms with van der Waals surface area (Å²) in [7, 11) is 1.45.